The van der Waals surface area contributed by atoms with Crippen molar-refractivity contribution < 1.29 is 19.5 Å². The van der Waals surface area contributed by atoms with Gasteiger partial charge in [-0.15, -0.1) is 12.4 Å². The first kappa shape index (κ1) is 35.1. The summed E-state index contributed by atoms with van der Waals surface area (Å²) in [7, 11) is 0. The number of hydrogen-bond acceptors (Lipinski definition) is 6. The number of carboxylic acid groups (broad SMARTS) is 1. The van der Waals surface area contributed by atoms with Crippen LogP contribution in [0, 0.1) is 3.70 Å². The highest BCUT2D eigenvalue weighted by Gasteiger charge is 2.08. The molecule has 0 fully saturated rings. The lowest BCUT2D eigenvalue weighted by molar-refractivity contribution is 0.0696. The van der Waals surface area contributed by atoms with Gasteiger partial charge in [0.05, 0.1) is 11.8 Å². The predicted molar refractivity (Wildman–Crippen MR) is 178 cm³/mol. The number of ketones is 2. The van der Waals surface area contributed by atoms with Gasteiger partial charge in [-0.2, -0.15) is 0 Å². The molecule has 0 aromatic carbocycles. The normalized spacial score (nSPS) is 10.1. The number of nitrogens with zero attached hydrogens (tertiary/aromatic N) is 6. The number of aromatic nitrogens is 6. The molecule has 0 aliphatic carbocycles. The minimum Gasteiger partial charge on any atom is -0.478 e. The van der Waals surface area contributed by atoms with Gasteiger partial charge in [0, 0.05) is 67.3 Å². The van der Waals surface area contributed by atoms with Gasteiger partial charge in [-0.25, -0.2) is 19.7 Å². The Balaban J connectivity index is 0.000000221. The topological polar surface area (TPSA) is 123 Å². The molecule has 0 atom stereocenters. The molecule has 0 bridgehead atoms. The van der Waals surface area contributed by atoms with Crippen LogP contribution in [-0.2, 0) is 0 Å². The minimum atomic E-state index is -0.930. The van der Waals surface area contributed by atoms with Crippen molar-refractivity contribution >= 4 is 69.5 Å². The number of aromatic carboxylic acids is 1. The molecule has 6 aromatic heterocycles. The maximum atomic E-state index is 11.7. The Morgan fingerprint density at radius 2 is 1.19 bits per heavy atom. The quantitative estimate of drug-likeness (QED) is 0.136. The van der Waals surface area contributed by atoms with Crippen LogP contribution in [0.3, 0.4) is 0 Å². The van der Waals surface area contributed by atoms with Gasteiger partial charge in [0.25, 0.3) is 0 Å². The number of carbonyl (C=O) groups is 3. The number of Topliss-reactive ketones (excluding diaryl/α,β-unsaturated/α-hetero) is 2. The molecule has 1 N–H and O–H groups in total. The van der Waals surface area contributed by atoms with Gasteiger partial charge in [-0.1, -0.05) is 21.3 Å². The van der Waals surface area contributed by atoms with Crippen LogP contribution < -0.4 is 0 Å². The fourth-order valence-electron chi connectivity index (χ4n) is 3.99. The molecule has 226 valence electrons. The van der Waals surface area contributed by atoms with Crippen molar-refractivity contribution in [2.24, 2.45) is 0 Å². The lowest BCUT2D eigenvalue weighted by Crippen LogP contribution is -1.99. The average Bonchev–Trinajstić information content (AvgIpc) is 3.73. The Hall–Kier alpha value is -4.10. The highest BCUT2D eigenvalue weighted by molar-refractivity contribution is 14.1. The number of halogens is 2. The monoisotopic (exact) mass is 716 g/mol. The van der Waals surface area contributed by atoms with Gasteiger partial charge in [-0.05, 0) is 71.8 Å². The average molecular weight is 717 g/mol. The maximum Gasteiger partial charge on any atom is 0.335 e. The predicted octanol–water partition coefficient (Wildman–Crippen LogP) is 7.33. The van der Waals surface area contributed by atoms with Crippen molar-refractivity contribution in [2.45, 2.75) is 47.0 Å². The number of carboxylic acids is 1. The summed E-state index contributed by atoms with van der Waals surface area (Å²) in [6, 6.07) is 10.4. The van der Waals surface area contributed by atoms with Crippen LogP contribution in [-0.4, -0.2) is 50.8 Å². The zero-order valence-corrected chi connectivity index (χ0v) is 26.0. The van der Waals surface area contributed by atoms with E-state index in [0.29, 0.717) is 18.5 Å². The van der Waals surface area contributed by atoms with E-state index in [0.717, 1.165) is 39.0 Å². The molecule has 6 heterocycles. The molecular weight excluding hydrogens is 683 g/mol. The highest BCUT2D eigenvalue weighted by Crippen LogP contribution is 2.13. The van der Waals surface area contributed by atoms with Crippen LogP contribution in [0.15, 0.2) is 86.0 Å². The van der Waals surface area contributed by atoms with E-state index in [-0.39, 0.29) is 37.0 Å². The third-order valence-electron chi connectivity index (χ3n) is 6.11. The second-order valence-corrected chi connectivity index (χ2v) is 10.2. The smallest absolute Gasteiger partial charge is 0.335 e. The van der Waals surface area contributed by atoms with Gasteiger partial charge in [-0.3, -0.25) is 14.0 Å². The van der Waals surface area contributed by atoms with Crippen LogP contribution in [0.25, 0.3) is 16.9 Å². The van der Waals surface area contributed by atoms with Crippen LogP contribution in [0.2, 0.25) is 0 Å². The number of pyridine rings is 3. The van der Waals surface area contributed by atoms with Gasteiger partial charge in [0.2, 0.25) is 0 Å². The minimum absolute atomic E-state index is 0. The Morgan fingerprint density at radius 3 is 1.70 bits per heavy atom. The summed E-state index contributed by atoms with van der Waals surface area (Å²) in [6.07, 6.45) is 17.2. The zero-order chi connectivity index (χ0) is 29.4. The van der Waals surface area contributed by atoms with E-state index in [4.69, 9.17) is 5.11 Å². The fraction of sp³-hybridized carbons (Fsp3) is 0.226. The molecule has 10 nitrogen and oxygen atoms in total. The van der Waals surface area contributed by atoms with E-state index >= 15 is 0 Å². The Morgan fingerprint density at radius 1 is 0.721 bits per heavy atom. The molecule has 0 saturated heterocycles. The first-order valence-electron chi connectivity index (χ1n) is 13.1. The SMILES string of the molecule is C.CCCC(=O)c1ccn2c(I)cnc2c1.CCCC(=O)c1ccn2ccnc2c1.Cl.O=C(O)c1ccn2ccnc2c1. The standard InChI is InChI=1S/C11H11IN2O.C11H12N2O.C8H6N2O2.CH4.ClH/c1-2-3-9(15)8-4-5-14-10(12)7-13-11(14)6-8;1-2-3-10(14)9-4-6-13-7-5-12-11(13)8-9;11-8(12)6-1-3-10-4-2-9-7(10)5-6;;/h4-7H,2-3H2,1H3;4-8H,2-3H2,1H3;1-5H,(H,11,12);1H4;1H. The largest absolute Gasteiger partial charge is 0.478 e. The third-order valence-corrected chi connectivity index (χ3v) is 6.91. The molecule has 0 aliphatic rings. The zero-order valence-electron chi connectivity index (χ0n) is 23.1. The summed E-state index contributed by atoms with van der Waals surface area (Å²) >= 11 is 2.21. The number of carbonyl (C=O) groups excluding carboxylic acids is 2. The van der Waals surface area contributed by atoms with Crippen LogP contribution in [0.4, 0.5) is 0 Å². The number of rotatable bonds is 7. The van der Waals surface area contributed by atoms with Gasteiger partial charge in [0.15, 0.2) is 11.6 Å². The summed E-state index contributed by atoms with van der Waals surface area (Å²) < 4.78 is 6.66. The molecule has 0 spiro atoms. The molecule has 6 aromatic rings. The molecule has 0 radical (unpaired) electrons. The van der Waals surface area contributed by atoms with Gasteiger partial charge in [0.1, 0.15) is 20.6 Å². The summed E-state index contributed by atoms with van der Waals surface area (Å²) in [5.41, 5.74) is 4.08. The molecule has 12 heteroatoms. The molecule has 0 amide bonds. The fourth-order valence-corrected chi connectivity index (χ4v) is 4.54. The lowest BCUT2D eigenvalue weighted by atomic mass is 10.1. The molecule has 0 aliphatic heterocycles. The van der Waals surface area contributed by atoms with Crippen LogP contribution in [0.1, 0.15) is 78.0 Å². The van der Waals surface area contributed by atoms with Crippen molar-refractivity contribution in [3.05, 3.63) is 106 Å². The second-order valence-electron chi connectivity index (χ2n) is 9.09. The third kappa shape index (κ3) is 8.94. The van der Waals surface area contributed by atoms with E-state index in [9.17, 15) is 14.4 Å². The van der Waals surface area contributed by atoms with Gasteiger partial charge < -0.3 is 13.9 Å². The lowest BCUT2D eigenvalue weighted by Gasteiger charge is -2.00. The summed E-state index contributed by atoms with van der Waals surface area (Å²) in [5.74, 6) is -0.545. The van der Waals surface area contributed by atoms with Crippen molar-refractivity contribution in [3.8, 4) is 0 Å². The summed E-state index contributed by atoms with van der Waals surface area (Å²) in [5, 5.41) is 8.64. The molecule has 0 unspecified atom stereocenters. The molecule has 6 rings (SSSR count). The molecule has 43 heavy (non-hydrogen) atoms. The van der Waals surface area contributed by atoms with Crippen molar-refractivity contribution in [1.29, 1.82) is 0 Å². The molecular formula is C31H34ClIN6O4. The number of imidazole rings is 3. The summed E-state index contributed by atoms with van der Waals surface area (Å²) in [6.45, 7) is 4.01. The number of fused-ring (bicyclic) bond motifs is 3. The Labute approximate surface area is 269 Å². The van der Waals surface area contributed by atoms with E-state index in [1.165, 1.54) is 12.1 Å². The van der Waals surface area contributed by atoms with E-state index in [1.807, 2.05) is 65.5 Å². The van der Waals surface area contributed by atoms with E-state index in [1.54, 1.807) is 35.4 Å². The first-order chi connectivity index (χ1) is 19.8. The summed E-state index contributed by atoms with van der Waals surface area (Å²) in [4.78, 5) is 46.1. The Kier molecular flexibility index (Phi) is 13.5. The van der Waals surface area contributed by atoms with E-state index < -0.39 is 5.97 Å². The first-order valence-corrected chi connectivity index (χ1v) is 14.2. The van der Waals surface area contributed by atoms with Crippen LogP contribution >= 0.6 is 35.0 Å². The van der Waals surface area contributed by atoms with Crippen molar-refractivity contribution in [3.63, 3.8) is 0 Å². The second kappa shape index (κ2) is 16.5. The maximum absolute atomic E-state index is 11.7. The molecule has 0 saturated carbocycles. The van der Waals surface area contributed by atoms with Gasteiger partial charge >= 0.3 is 5.97 Å². The van der Waals surface area contributed by atoms with Crippen LogP contribution in [0.5, 0.6) is 0 Å². The van der Waals surface area contributed by atoms with Crippen molar-refractivity contribution in [1.82, 2.24) is 28.2 Å². The van der Waals surface area contributed by atoms with E-state index in [2.05, 4.69) is 37.5 Å². The van der Waals surface area contributed by atoms with Crippen molar-refractivity contribution in [2.75, 3.05) is 0 Å². The Bertz CT molecular complexity index is 1830. The number of hydrogen-bond donors (Lipinski definition) is 1. The highest BCUT2D eigenvalue weighted by atomic mass is 127.